The van der Waals surface area contributed by atoms with Crippen molar-refractivity contribution >= 4 is 5.69 Å². The molecule has 0 amide bonds. The number of aliphatic hydroxyl groups is 1. The van der Waals surface area contributed by atoms with Gasteiger partial charge in [0.2, 0.25) is 0 Å². The molecule has 2 aromatic rings. The van der Waals surface area contributed by atoms with Crippen molar-refractivity contribution in [3.05, 3.63) is 47.8 Å². The number of benzene rings is 1. The summed E-state index contributed by atoms with van der Waals surface area (Å²) in [4.78, 5) is 0. The maximum Gasteiger partial charge on any atom is 0.416 e. The van der Waals surface area contributed by atoms with Crippen molar-refractivity contribution in [2.24, 2.45) is 0 Å². The van der Waals surface area contributed by atoms with Crippen LogP contribution in [0.1, 0.15) is 11.1 Å². The Bertz CT molecular complexity index is 582. The highest BCUT2D eigenvalue weighted by atomic mass is 19.4. The van der Waals surface area contributed by atoms with Crippen LogP contribution in [0.25, 0.3) is 0 Å². The number of anilines is 1. The first-order valence-corrected chi connectivity index (χ1v) is 6.43. The van der Waals surface area contributed by atoms with Gasteiger partial charge in [-0.05, 0) is 30.7 Å². The second-order valence-corrected chi connectivity index (χ2v) is 4.79. The molecule has 1 unspecified atom stereocenters. The average molecular weight is 299 g/mol. The quantitative estimate of drug-likeness (QED) is 0.892. The molecule has 0 fully saturated rings. The van der Waals surface area contributed by atoms with E-state index in [1.165, 1.54) is 6.07 Å². The Morgan fingerprint density at radius 3 is 2.76 bits per heavy atom. The summed E-state index contributed by atoms with van der Waals surface area (Å²) < 4.78 is 39.5. The van der Waals surface area contributed by atoms with Gasteiger partial charge >= 0.3 is 6.18 Å². The standard InChI is InChI=1S/C14H16F3N3O/c1-10-3-4-11(14(15,16)17)7-13(10)18-8-12(21)9-20-6-2-5-19-20/h2-7,12,18,21H,8-9H2,1H3. The number of hydrogen-bond acceptors (Lipinski definition) is 3. The molecule has 0 bridgehead atoms. The lowest BCUT2D eigenvalue weighted by atomic mass is 10.1. The minimum Gasteiger partial charge on any atom is -0.389 e. The summed E-state index contributed by atoms with van der Waals surface area (Å²) in [5.74, 6) is 0. The van der Waals surface area contributed by atoms with E-state index in [0.29, 0.717) is 11.3 Å². The molecule has 2 N–H and O–H groups in total. The molecule has 1 heterocycles. The maximum atomic E-state index is 12.7. The van der Waals surface area contributed by atoms with Gasteiger partial charge in [0.1, 0.15) is 0 Å². The molecule has 0 radical (unpaired) electrons. The number of alkyl halides is 3. The van der Waals surface area contributed by atoms with Crippen LogP contribution in [0.15, 0.2) is 36.7 Å². The largest absolute Gasteiger partial charge is 0.416 e. The number of hydrogen-bond donors (Lipinski definition) is 2. The van der Waals surface area contributed by atoms with Crippen LogP contribution >= 0.6 is 0 Å². The highest BCUT2D eigenvalue weighted by Gasteiger charge is 2.30. The van der Waals surface area contributed by atoms with Gasteiger partial charge in [-0.25, -0.2) is 0 Å². The second kappa shape index (κ2) is 6.17. The van der Waals surface area contributed by atoms with E-state index in [0.717, 1.165) is 12.1 Å². The van der Waals surface area contributed by atoms with E-state index in [1.54, 1.807) is 30.1 Å². The summed E-state index contributed by atoms with van der Waals surface area (Å²) in [7, 11) is 0. The van der Waals surface area contributed by atoms with Gasteiger partial charge in [0, 0.05) is 24.6 Å². The van der Waals surface area contributed by atoms with Gasteiger partial charge < -0.3 is 10.4 Å². The lowest BCUT2D eigenvalue weighted by molar-refractivity contribution is -0.137. The average Bonchev–Trinajstić information content (AvgIpc) is 2.89. The van der Waals surface area contributed by atoms with E-state index in [-0.39, 0.29) is 13.1 Å². The number of aliphatic hydroxyl groups excluding tert-OH is 1. The minimum absolute atomic E-state index is 0.141. The molecular formula is C14H16F3N3O. The van der Waals surface area contributed by atoms with Crippen molar-refractivity contribution in [1.29, 1.82) is 0 Å². The van der Waals surface area contributed by atoms with Gasteiger partial charge in [0.15, 0.2) is 0 Å². The minimum atomic E-state index is -4.38. The molecule has 0 spiro atoms. The van der Waals surface area contributed by atoms with Gasteiger partial charge in [-0.3, -0.25) is 4.68 Å². The highest BCUT2D eigenvalue weighted by molar-refractivity contribution is 5.53. The molecule has 1 aromatic carbocycles. The monoisotopic (exact) mass is 299 g/mol. The first kappa shape index (κ1) is 15.4. The van der Waals surface area contributed by atoms with Crippen LogP contribution in [0.4, 0.5) is 18.9 Å². The number of rotatable bonds is 5. The van der Waals surface area contributed by atoms with Gasteiger partial charge in [0.25, 0.3) is 0 Å². The van der Waals surface area contributed by atoms with E-state index >= 15 is 0 Å². The first-order chi connectivity index (χ1) is 9.86. The number of nitrogens with zero attached hydrogens (tertiary/aromatic N) is 2. The molecule has 7 heteroatoms. The number of aryl methyl sites for hydroxylation is 1. The van der Waals surface area contributed by atoms with E-state index in [2.05, 4.69) is 10.4 Å². The van der Waals surface area contributed by atoms with Crippen molar-refractivity contribution in [1.82, 2.24) is 9.78 Å². The van der Waals surface area contributed by atoms with Crippen molar-refractivity contribution in [2.75, 3.05) is 11.9 Å². The molecule has 2 rings (SSSR count). The molecule has 4 nitrogen and oxygen atoms in total. The van der Waals surface area contributed by atoms with Gasteiger partial charge in [-0.15, -0.1) is 0 Å². The Hall–Kier alpha value is -2.02. The van der Waals surface area contributed by atoms with Crippen molar-refractivity contribution in [2.45, 2.75) is 25.7 Å². The van der Waals surface area contributed by atoms with E-state index < -0.39 is 17.8 Å². The molecule has 114 valence electrons. The van der Waals surface area contributed by atoms with Gasteiger partial charge in [-0.1, -0.05) is 6.07 Å². The van der Waals surface area contributed by atoms with Crippen LogP contribution < -0.4 is 5.32 Å². The number of aromatic nitrogens is 2. The van der Waals surface area contributed by atoms with Crippen LogP contribution in [0, 0.1) is 6.92 Å². The lowest BCUT2D eigenvalue weighted by Crippen LogP contribution is -2.25. The Labute approximate surface area is 120 Å². The maximum absolute atomic E-state index is 12.7. The van der Waals surface area contributed by atoms with E-state index in [1.807, 2.05) is 0 Å². The second-order valence-electron chi connectivity index (χ2n) is 4.79. The van der Waals surface area contributed by atoms with Crippen molar-refractivity contribution < 1.29 is 18.3 Å². The molecule has 1 atom stereocenters. The number of nitrogens with one attached hydrogen (secondary N) is 1. The third-order valence-electron chi connectivity index (χ3n) is 3.05. The molecule has 21 heavy (non-hydrogen) atoms. The van der Waals surface area contributed by atoms with Crippen LogP contribution in [0.5, 0.6) is 0 Å². The summed E-state index contributed by atoms with van der Waals surface area (Å²) >= 11 is 0. The van der Waals surface area contributed by atoms with Crippen LogP contribution in [0.2, 0.25) is 0 Å². The molecular weight excluding hydrogens is 283 g/mol. The summed E-state index contributed by atoms with van der Waals surface area (Å²) in [5, 5.41) is 16.7. The summed E-state index contributed by atoms with van der Waals surface area (Å²) in [6.45, 7) is 2.13. The summed E-state index contributed by atoms with van der Waals surface area (Å²) in [5.41, 5.74) is 0.343. The number of halogens is 3. The highest BCUT2D eigenvalue weighted by Crippen LogP contribution is 2.31. The zero-order chi connectivity index (χ0) is 15.5. The van der Waals surface area contributed by atoms with Gasteiger partial charge in [-0.2, -0.15) is 18.3 Å². The zero-order valence-corrected chi connectivity index (χ0v) is 11.4. The molecule has 1 aromatic heterocycles. The SMILES string of the molecule is Cc1ccc(C(F)(F)F)cc1NCC(O)Cn1cccn1. The third kappa shape index (κ3) is 4.22. The fourth-order valence-electron chi connectivity index (χ4n) is 1.91. The van der Waals surface area contributed by atoms with Crippen LogP contribution in [-0.4, -0.2) is 27.5 Å². The Morgan fingerprint density at radius 1 is 1.38 bits per heavy atom. The smallest absolute Gasteiger partial charge is 0.389 e. The molecule has 0 aliphatic carbocycles. The summed E-state index contributed by atoms with van der Waals surface area (Å²) in [6, 6.07) is 5.23. The molecule has 0 saturated carbocycles. The topological polar surface area (TPSA) is 50.1 Å². The lowest BCUT2D eigenvalue weighted by Gasteiger charge is -2.16. The van der Waals surface area contributed by atoms with Crippen LogP contribution in [-0.2, 0) is 12.7 Å². The molecule has 0 aliphatic heterocycles. The Kier molecular flexibility index (Phi) is 4.52. The fraction of sp³-hybridized carbons (Fsp3) is 0.357. The van der Waals surface area contributed by atoms with Crippen LogP contribution in [0.3, 0.4) is 0 Å². The predicted molar refractivity (Wildman–Crippen MR) is 72.9 cm³/mol. The van der Waals surface area contributed by atoms with E-state index in [9.17, 15) is 18.3 Å². The third-order valence-corrected chi connectivity index (χ3v) is 3.05. The fourth-order valence-corrected chi connectivity index (χ4v) is 1.91. The zero-order valence-electron chi connectivity index (χ0n) is 11.4. The molecule has 0 saturated heterocycles. The van der Waals surface area contributed by atoms with Crippen molar-refractivity contribution in [3.8, 4) is 0 Å². The first-order valence-electron chi connectivity index (χ1n) is 6.43. The van der Waals surface area contributed by atoms with Crippen molar-refractivity contribution in [3.63, 3.8) is 0 Å². The predicted octanol–water partition coefficient (Wildman–Crippen LogP) is 2.68. The molecule has 0 aliphatic rings. The van der Waals surface area contributed by atoms with Gasteiger partial charge in [0.05, 0.1) is 18.2 Å². The Morgan fingerprint density at radius 2 is 2.14 bits per heavy atom. The summed E-state index contributed by atoms with van der Waals surface area (Å²) in [6.07, 6.45) is -1.83. The normalized spacial score (nSPS) is 13.2. The Balaban J connectivity index is 1.99. The van der Waals surface area contributed by atoms with E-state index in [4.69, 9.17) is 0 Å².